The first-order chi connectivity index (χ1) is 9.89. The van der Waals surface area contributed by atoms with Crippen molar-refractivity contribution >= 4 is 6.09 Å². The molecule has 0 aromatic rings. The largest absolute Gasteiger partial charge is 0.444 e. The van der Waals surface area contributed by atoms with Crippen LogP contribution in [0.15, 0.2) is 0 Å². The lowest BCUT2D eigenvalue weighted by molar-refractivity contribution is -0.00328. The van der Waals surface area contributed by atoms with E-state index < -0.39 is 5.60 Å². The first-order valence-electron chi connectivity index (χ1n) is 8.48. The molecule has 0 radical (unpaired) electrons. The number of ether oxygens (including phenoxy) is 1. The van der Waals surface area contributed by atoms with Gasteiger partial charge in [-0.1, -0.05) is 32.1 Å². The fraction of sp³-hybridized carbons (Fsp3) is 0.941. The van der Waals surface area contributed by atoms with Gasteiger partial charge in [-0.3, -0.25) is 0 Å². The van der Waals surface area contributed by atoms with Crippen molar-refractivity contribution in [3.63, 3.8) is 0 Å². The summed E-state index contributed by atoms with van der Waals surface area (Å²) in [6.45, 7) is 7.30. The Labute approximate surface area is 128 Å². The van der Waals surface area contributed by atoms with Crippen LogP contribution >= 0.6 is 0 Å². The van der Waals surface area contributed by atoms with Gasteiger partial charge in [0.05, 0.1) is 0 Å². The molecule has 1 saturated carbocycles. The van der Waals surface area contributed by atoms with Gasteiger partial charge in [-0.05, 0) is 39.0 Å². The van der Waals surface area contributed by atoms with Crippen LogP contribution in [0.1, 0.15) is 59.3 Å². The Morgan fingerprint density at radius 2 is 1.81 bits per heavy atom. The molecule has 0 aromatic heterocycles. The Morgan fingerprint density at radius 1 is 1.14 bits per heavy atom. The molecule has 0 unspecified atom stereocenters. The Balaban J connectivity index is 1.99. The number of carbonyl (C=O) groups is 1. The third-order valence-electron chi connectivity index (χ3n) is 4.80. The number of hydrogen-bond acceptors (Lipinski definition) is 3. The lowest BCUT2D eigenvalue weighted by atomic mass is 9.74. The smallest absolute Gasteiger partial charge is 0.410 e. The summed E-state index contributed by atoms with van der Waals surface area (Å²) in [5.41, 5.74) is -0.455. The lowest BCUT2D eigenvalue weighted by Crippen LogP contribution is -2.48. The van der Waals surface area contributed by atoms with Crippen LogP contribution in [0.4, 0.5) is 4.79 Å². The molecule has 1 saturated heterocycles. The van der Waals surface area contributed by atoms with Crippen LogP contribution in [-0.4, -0.2) is 41.4 Å². The predicted molar refractivity (Wildman–Crippen MR) is 83.1 cm³/mol. The molecule has 2 aliphatic rings. The van der Waals surface area contributed by atoms with Crippen LogP contribution in [0, 0.1) is 17.8 Å². The predicted octanol–water partition coefficient (Wildman–Crippen LogP) is 3.43. The summed E-state index contributed by atoms with van der Waals surface area (Å²) in [5.74, 6) is 1.46. The van der Waals surface area contributed by atoms with E-state index >= 15 is 0 Å². The number of piperidine rings is 1. The van der Waals surface area contributed by atoms with Crippen LogP contribution in [0.5, 0.6) is 0 Å². The number of likely N-dealkylation sites (tertiary alicyclic amines) is 1. The first-order valence-corrected chi connectivity index (χ1v) is 8.48. The molecule has 21 heavy (non-hydrogen) atoms. The van der Waals surface area contributed by atoms with E-state index in [0.29, 0.717) is 12.5 Å². The Bertz CT molecular complexity index is 344. The van der Waals surface area contributed by atoms with Crippen molar-refractivity contribution in [2.75, 3.05) is 19.7 Å². The Morgan fingerprint density at radius 3 is 2.38 bits per heavy atom. The quantitative estimate of drug-likeness (QED) is 0.849. The normalized spacial score (nSPS) is 28.5. The van der Waals surface area contributed by atoms with E-state index in [1.54, 1.807) is 0 Å². The van der Waals surface area contributed by atoms with E-state index in [2.05, 4.69) is 0 Å². The molecule has 1 aliphatic carbocycles. The van der Waals surface area contributed by atoms with E-state index in [0.717, 1.165) is 18.9 Å². The highest BCUT2D eigenvalue weighted by molar-refractivity contribution is 5.68. The van der Waals surface area contributed by atoms with Crippen LogP contribution in [-0.2, 0) is 4.74 Å². The molecular formula is C17H31NO3. The van der Waals surface area contributed by atoms with Gasteiger partial charge in [0.1, 0.15) is 5.60 Å². The third kappa shape index (κ3) is 4.87. The van der Waals surface area contributed by atoms with Crippen LogP contribution < -0.4 is 0 Å². The molecule has 0 spiro atoms. The Hall–Kier alpha value is -0.770. The molecule has 1 aliphatic heterocycles. The summed E-state index contributed by atoms with van der Waals surface area (Å²) >= 11 is 0. The topological polar surface area (TPSA) is 49.8 Å². The molecule has 2 rings (SSSR count). The zero-order chi connectivity index (χ0) is 15.5. The van der Waals surface area contributed by atoms with Crippen molar-refractivity contribution < 1.29 is 14.6 Å². The standard InChI is InChI=1S/C17H31NO3/c1-17(2,3)21-16(20)18-10-13(12-19)9-15(11-18)14-7-5-4-6-8-14/h13-15,19H,4-12H2,1-3H3/t13-,15+/m1/s1. The number of carbonyl (C=O) groups excluding carboxylic acids is 1. The second kappa shape index (κ2) is 6.99. The molecular weight excluding hydrogens is 266 g/mol. The van der Waals surface area contributed by atoms with Gasteiger partial charge in [0, 0.05) is 25.6 Å². The molecule has 1 N–H and O–H groups in total. The molecule has 122 valence electrons. The minimum absolute atomic E-state index is 0.169. The summed E-state index contributed by atoms with van der Waals surface area (Å²) in [4.78, 5) is 14.2. The van der Waals surface area contributed by atoms with Crippen LogP contribution in [0.2, 0.25) is 0 Å². The second-order valence-corrected chi connectivity index (χ2v) is 7.83. The van der Waals surface area contributed by atoms with E-state index in [1.807, 2.05) is 25.7 Å². The molecule has 1 amide bonds. The minimum atomic E-state index is -0.455. The van der Waals surface area contributed by atoms with Crippen molar-refractivity contribution in [1.82, 2.24) is 4.90 Å². The molecule has 2 atom stereocenters. The average molecular weight is 297 g/mol. The summed E-state index contributed by atoms with van der Waals surface area (Å²) in [6.07, 6.45) is 7.38. The van der Waals surface area contributed by atoms with Gasteiger partial charge in [0.15, 0.2) is 0 Å². The number of aliphatic hydroxyl groups excluding tert-OH is 1. The molecule has 0 bridgehead atoms. The van der Waals surface area contributed by atoms with E-state index in [4.69, 9.17) is 4.74 Å². The lowest BCUT2D eigenvalue weighted by Gasteiger charge is -2.41. The van der Waals surface area contributed by atoms with Crippen molar-refractivity contribution in [3.8, 4) is 0 Å². The van der Waals surface area contributed by atoms with Crippen molar-refractivity contribution in [3.05, 3.63) is 0 Å². The fourth-order valence-corrected chi connectivity index (χ4v) is 3.80. The molecule has 2 fully saturated rings. The monoisotopic (exact) mass is 297 g/mol. The SMILES string of the molecule is CC(C)(C)OC(=O)N1C[C@H](CO)C[C@H](C2CCCCC2)C1. The van der Waals surface area contributed by atoms with Gasteiger partial charge in [-0.2, -0.15) is 0 Å². The highest BCUT2D eigenvalue weighted by Crippen LogP contribution is 2.36. The summed E-state index contributed by atoms with van der Waals surface area (Å²) in [6, 6.07) is 0. The minimum Gasteiger partial charge on any atom is -0.444 e. The van der Waals surface area contributed by atoms with Gasteiger partial charge in [0.2, 0.25) is 0 Å². The number of amides is 1. The number of hydrogen-bond donors (Lipinski definition) is 1. The van der Waals surface area contributed by atoms with Crippen LogP contribution in [0.25, 0.3) is 0 Å². The second-order valence-electron chi connectivity index (χ2n) is 7.83. The highest BCUT2D eigenvalue weighted by Gasteiger charge is 2.35. The zero-order valence-corrected chi connectivity index (χ0v) is 13.8. The van der Waals surface area contributed by atoms with Gasteiger partial charge < -0.3 is 14.7 Å². The van der Waals surface area contributed by atoms with Crippen molar-refractivity contribution in [2.45, 2.75) is 64.9 Å². The van der Waals surface area contributed by atoms with Crippen molar-refractivity contribution in [2.24, 2.45) is 17.8 Å². The molecule has 4 heteroatoms. The number of nitrogens with zero attached hydrogens (tertiary/aromatic N) is 1. The maximum atomic E-state index is 12.3. The van der Waals surface area contributed by atoms with E-state index in [-0.39, 0.29) is 18.6 Å². The maximum absolute atomic E-state index is 12.3. The summed E-state index contributed by atoms with van der Waals surface area (Å²) in [7, 11) is 0. The van der Waals surface area contributed by atoms with Gasteiger partial charge in [-0.15, -0.1) is 0 Å². The van der Waals surface area contributed by atoms with Gasteiger partial charge in [0.25, 0.3) is 0 Å². The van der Waals surface area contributed by atoms with Gasteiger partial charge >= 0.3 is 6.09 Å². The van der Waals surface area contributed by atoms with Crippen molar-refractivity contribution in [1.29, 1.82) is 0 Å². The maximum Gasteiger partial charge on any atom is 0.410 e. The third-order valence-corrected chi connectivity index (χ3v) is 4.80. The summed E-state index contributed by atoms with van der Waals surface area (Å²) in [5, 5.41) is 9.56. The molecule has 0 aromatic carbocycles. The number of aliphatic hydroxyl groups is 1. The Kier molecular flexibility index (Phi) is 5.53. The van der Waals surface area contributed by atoms with Gasteiger partial charge in [-0.25, -0.2) is 4.79 Å². The highest BCUT2D eigenvalue weighted by atomic mass is 16.6. The molecule has 4 nitrogen and oxygen atoms in total. The van der Waals surface area contributed by atoms with E-state index in [9.17, 15) is 9.90 Å². The zero-order valence-electron chi connectivity index (χ0n) is 13.8. The summed E-state index contributed by atoms with van der Waals surface area (Å²) < 4.78 is 5.51. The van der Waals surface area contributed by atoms with E-state index in [1.165, 1.54) is 32.1 Å². The van der Waals surface area contributed by atoms with Crippen LogP contribution in [0.3, 0.4) is 0 Å². The molecule has 1 heterocycles. The average Bonchev–Trinajstić information content (AvgIpc) is 2.46. The fourth-order valence-electron chi connectivity index (χ4n) is 3.80. The number of rotatable bonds is 2. The first kappa shape index (κ1) is 16.6.